The van der Waals surface area contributed by atoms with Crippen LogP contribution in [-0.4, -0.2) is 42.6 Å². The number of nitrogens with one attached hydrogen (secondary N) is 2. The number of halogens is 2. The van der Waals surface area contributed by atoms with E-state index in [0.29, 0.717) is 30.0 Å². The third kappa shape index (κ3) is 6.29. The van der Waals surface area contributed by atoms with E-state index in [4.69, 9.17) is 11.6 Å². The van der Waals surface area contributed by atoms with E-state index < -0.39 is 5.82 Å². The van der Waals surface area contributed by atoms with E-state index in [2.05, 4.69) is 20.6 Å². The van der Waals surface area contributed by atoms with Crippen LogP contribution >= 0.6 is 11.6 Å². The highest BCUT2D eigenvalue weighted by Gasteiger charge is 2.22. The molecule has 2 aromatic rings. The van der Waals surface area contributed by atoms with E-state index in [1.165, 1.54) is 12.1 Å². The van der Waals surface area contributed by atoms with Crippen LogP contribution in [0.1, 0.15) is 31.2 Å². The summed E-state index contributed by atoms with van der Waals surface area (Å²) in [6, 6.07) is 6.33. The van der Waals surface area contributed by atoms with Crippen molar-refractivity contribution < 1.29 is 9.18 Å². The molecule has 1 amide bonds. The Bertz CT molecular complexity index is 840. The average Bonchev–Trinajstić information content (AvgIpc) is 2.70. The second-order valence-corrected chi connectivity index (χ2v) is 8.12. The van der Waals surface area contributed by atoms with Crippen LogP contribution < -0.4 is 15.5 Å². The van der Waals surface area contributed by atoms with Gasteiger partial charge in [0.25, 0.3) is 0 Å². The van der Waals surface area contributed by atoms with Gasteiger partial charge in [0.15, 0.2) is 0 Å². The van der Waals surface area contributed by atoms with Crippen molar-refractivity contribution >= 4 is 29.3 Å². The van der Waals surface area contributed by atoms with Crippen molar-refractivity contribution in [2.75, 3.05) is 30.9 Å². The molecule has 0 saturated heterocycles. The first kappa shape index (κ1) is 21.3. The highest BCUT2D eigenvalue weighted by atomic mass is 35.5. The maximum Gasteiger partial charge on any atom is 0.224 e. The number of rotatable bonds is 7. The van der Waals surface area contributed by atoms with Crippen molar-refractivity contribution in [3.05, 3.63) is 46.9 Å². The first-order valence-electron chi connectivity index (χ1n) is 9.88. The lowest BCUT2D eigenvalue weighted by Crippen LogP contribution is -2.34. The molecule has 1 aromatic heterocycles. The Labute approximate surface area is 175 Å². The number of hydrogen-bond donors (Lipinski definition) is 2. The lowest BCUT2D eigenvalue weighted by Gasteiger charge is -2.29. The summed E-state index contributed by atoms with van der Waals surface area (Å²) in [5.74, 6) is 1.50. The van der Waals surface area contributed by atoms with Crippen molar-refractivity contribution in [1.29, 1.82) is 0 Å². The fourth-order valence-corrected chi connectivity index (χ4v) is 3.75. The lowest BCUT2D eigenvalue weighted by atomic mass is 9.86. The molecular formula is C21H27ClFN5O. The van der Waals surface area contributed by atoms with Crippen LogP contribution in [0.15, 0.2) is 30.5 Å². The Morgan fingerprint density at radius 2 is 2.00 bits per heavy atom. The van der Waals surface area contributed by atoms with Crippen molar-refractivity contribution in [3.8, 4) is 0 Å². The average molecular weight is 420 g/mol. The summed E-state index contributed by atoms with van der Waals surface area (Å²) in [5, 5.41) is 6.69. The van der Waals surface area contributed by atoms with E-state index in [1.54, 1.807) is 12.3 Å². The van der Waals surface area contributed by atoms with Crippen LogP contribution in [0.4, 0.5) is 16.2 Å². The maximum atomic E-state index is 13.1. The summed E-state index contributed by atoms with van der Waals surface area (Å²) >= 11 is 5.99. The normalized spacial score (nSPS) is 18.9. The Morgan fingerprint density at radius 3 is 2.69 bits per heavy atom. The van der Waals surface area contributed by atoms with E-state index in [9.17, 15) is 9.18 Å². The largest absolute Gasteiger partial charge is 0.363 e. The fraction of sp³-hybridized carbons (Fsp3) is 0.476. The molecule has 1 aliphatic carbocycles. The van der Waals surface area contributed by atoms with Gasteiger partial charge in [0, 0.05) is 37.9 Å². The van der Waals surface area contributed by atoms with Gasteiger partial charge in [-0.1, -0.05) is 17.7 Å². The van der Waals surface area contributed by atoms with Crippen molar-refractivity contribution in [2.24, 2.45) is 5.92 Å². The van der Waals surface area contributed by atoms with Crippen LogP contribution in [0.5, 0.6) is 0 Å². The number of carbonyl (C=O) groups excluding carboxylic acids is 1. The number of benzene rings is 1. The van der Waals surface area contributed by atoms with Crippen LogP contribution in [0, 0.1) is 11.7 Å². The van der Waals surface area contributed by atoms with E-state index in [1.807, 2.05) is 25.1 Å². The molecule has 1 aliphatic rings. The highest BCUT2D eigenvalue weighted by molar-refractivity contribution is 6.31. The zero-order valence-electron chi connectivity index (χ0n) is 16.8. The van der Waals surface area contributed by atoms with Gasteiger partial charge < -0.3 is 15.5 Å². The molecule has 0 radical (unpaired) electrons. The number of nitrogens with zero attached hydrogens (tertiary/aromatic N) is 3. The predicted molar refractivity (Wildman–Crippen MR) is 114 cm³/mol. The number of hydrogen-bond acceptors (Lipinski definition) is 5. The van der Waals surface area contributed by atoms with Gasteiger partial charge >= 0.3 is 0 Å². The van der Waals surface area contributed by atoms with Crippen molar-refractivity contribution in [1.82, 2.24) is 15.3 Å². The minimum absolute atomic E-state index is 0.0901. The maximum absolute atomic E-state index is 13.1. The summed E-state index contributed by atoms with van der Waals surface area (Å²) in [6.07, 6.45) is 6.01. The molecule has 0 bridgehead atoms. The standard InChI is InChI=1S/C21H27ClFN5O/c1-28(2)19-9-10-24-21(27-19)26-17-7-3-14(4-8-17)13-25-20(29)11-15-5-6-16(23)12-18(15)22/h5-6,9-10,12,14,17H,3-4,7-8,11,13H2,1-2H3,(H,25,29)(H,24,26,27)/t14-,17+. The predicted octanol–water partition coefficient (Wildman–Crippen LogP) is 3.66. The molecule has 29 heavy (non-hydrogen) atoms. The molecule has 1 heterocycles. The molecule has 3 rings (SSSR count). The van der Waals surface area contributed by atoms with Gasteiger partial charge in [-0.05, 0) is 55.4 Å². The number of anilines is 2. The Morgan fingerprint density at radius 1 is 1.24 bits per heavy atom. The number of amides is 1. The smallest absolute Gasteiger partial charge is 0.224 e. The molecule has 1 aromatic carbocycles. The first-order valence-corrected chi connectivity index (χ1v) is 10.3. The Balaban J connectivity index is 1.40. The Kier molecular flexibility index (Phi) is 7.25. The second-order valence-electron chi connectivity index (χ2n) is 7.71. The molecule has 0 unspecified atom stereocenters. The minimum Gasteiger partial charge on any atom is -0.363 e. The molecule has 2 N–H and O–H groups in total. The monoisotopic (exact) mass is 419 g/mol. The zero-order valence-corrected chi connectivity index (χ0v) is 17.5. The van der Waals surface area contributed by atoms with Crippen LogP contribution in [-0.2, 0) is 11.2 Å². The number of aromatic nitrogens is 2. The van der Waals surface area contributed by atoms with E-state index >= 15 is 0 Å². The first-order chi connectivity index (χ1) is 13.9. The van der Waals surface area contributed by atoms with E-state index in [0.717, 1.165) is 31.5 Å². The Hall–Kier alpha value is -2.41. The molecule has 8 heteroatoms. The minimum atomic E-state index is -0.400. The quantitative estimate of drug-likeness (QED) is 0.716. The van der Waals surface area contributed by atoms with Gasteiger partial charge in [0.1, 0.15) is 11.6 Å². The second kappa shape index (κ2) is 9.87. The molecule has 1 fully saturated rings. The van der Waals surface area contributed by atoms with Crippen molar-refractivity contribution in [3.63, 3.8) is 0 Å². The van der Waals surface area contributed by atoms with E-state index in [-0.39, 0.29) is 17.4 Å². The molecule has 0 aliphatic heterocycles. The van der Waals surface area contributed by atoms with Gasteiger partial charge in [-0.2, -0.15) is 4.98 Å². The topological polar surface area (TPSA) is 70.2 Å². The summed E-state index contributed by atoms with van der Waals surface area (Å²) < 4.78 is 13.1. The molecular weight excluding hydrogens is 393 g/mol. The van der Waals surface area contributed by atoms with Gasteiger partial charge in [-0.25, -0.2) is 9.37 Å². The number of carbonyl (C=O) groups is 1. The third-order valence-electron chi connectivity index (χ3n) is 5.23. The van der Waals surface area contributed by atoms with Crippen LogP contribution in [0.3, 0.4) is 0 Å². The molecule has 6 nitrogen and oxygen atoms in total. The third-order valence-corrected chi connectivity index (χ3v) is 5.58. The summed E-state index contributed by atoms with van der Waals surface area (Å²) in [6.45, 7) is 0.650. The van der Waals surface area contributed by atoms with Gasteiger partial charge in [-0.3, -0.25) is 4.79 Å². The molecule has 156 valence electrons. The van der Waals surface area contributed by atoms with Gasteiger partial charge in [0.2, 0.25) is 11.9 Å². The zero-order chi connectivity index (χ0) is 20.8. The fourth-order valence-electron chi connectivity index (χ4n) is 3.52. The van der Waals surface area contributed by atoms with Crippen molar-refractivity contribution in [2.45, 2.75) is 38.1 Å². The van der Waals surface area contributed by atoms with Gasteiger partial charge in [-0.15, -0.1) is 0 Å². The van der Waals surface area contributed by atoms with Crippen LogP contribution in [0.2, 0.25) is 5.02 Å². The summed E-state index contributed by atoms with van der Waals surface area (Å²) in [5.41, 5.74) is 0.637. The summed E-state index contributed by atoms with van der Waals surface area (Å²) in [4.78, 5) is 23.0. The summed E-state index contributed by atoms with van der Waals surface area (Å²) in [7, 11) is 3.91. The molecule has 1 saturated carbocycles. The van der Waals surface area contributed by atoms with Crippen LogP contribution in [0.25, 0.3) is 0 Å². The molecule has 0 spiro atoms. The highest BCUT2D eigenvalue weighted by Crippen LogP contribution is 2.26. The molecule has 0 atom stereocenters. The lowest BCUT2D eigenvalue weighted by molar-refractivity contribution is -0.120. The van der Waals surface area contributed by atoms with Gasteiger partial charge in [0.05, 0.1) is 6.42 Å². The SMILES string of the molecule is CN(C)c1ccnc(N[C@H]2CC[C@@H](CNC(=O)Cc3ccc(F)cc3Cl)CC2)n1.